The van der Waals surface area contributed by atoms with Crippen LogP contribution >= 0.6 is 11.6 Å². The molecule has 1 aromatic rings. The van der Waals surface area contributed by atoms with Crippen molar-refractivity contribution in [1.29, 1.82) is 0 Å². The van der Waals surface area contributed by atoms with Crippen LogP contribution < -0.4 is 0 Å². The van der Waals surface area contributed by atoms with E-state index in [0.717, 1.165) is 0 Å². The SMILES string of the molecule is Cc1cc(C(O)CO)nc(Cl)n1. The first-order valence-electron chi connectivity index (χ1n) is 3.43. The fourth-order valence-electron chi connectivity index (χ4n) is 0.820. The smallest absolute Gasteiger partial charge is 0.222 e. The summed E-state index contributed by atoms with van der Waals surface area (Å²) < 4.78 is 0. The van der Waals surface area contributed by atoms with Gasteiger partial charge in [-0.05, 0) is 24.6 Å². The molecule has 0 saturated carbocycles. The number of aliphatic hydroxyl groups excluding tert-OH is 2. The summed E-state index contributed by atoms with van der Waals surface area (Å²) in [7, 11) is 0. The van der Waals surface area contributed by atoms with Gasteiger partial charge in [-0.15, -0.1) is 0 Å². The largest absolute Gasteiger partial charge is 0.393 e. The maximum absolute atomic E-state index is 9.18. The van der Waals surface area contributed by atoms with Gasteiger partial charge in [-0.25, -0.2) is 9.97 Å². The Balaban J connectivity index is 3.00. The molecular weight excluding hydrogens is 180 g/mol. The Morgan fingerprint density at radius 3 is 2.75 bits per heavy atom. The summed E-state index contributed by atoms with van der Waals surface area (Å²) in [6.07, 6.45) is -0.982. The van der Waals surface area contributed by atoms with Gasteiger partial charge in [0.25, 0.3) is 0 Å². The summed E-state index contributed by atoms with van der Waals surface area (Å²) in [5, 5.41) is 17.9. The molecule has 0 bridgehead atoms. The van der Waals surface area contributed by atoms with Crippen LogP contribution in [0.25, 0.3) is 0 Å². The third-order valence-corrected chi connectivity index (χ3v) is 1.53. The van der Waals surface area contributed by atoms with Crippen molar-refractivity contribution in [2.24, 2.45) is 0 Å². The Bertz CT molecular complexity index is 260. The van der Waals surface area contributed by atoms with Gasteiger partial charge in [0.15, 0.2) is 0 Å². The Hall–Kier alpha value is -0.710. The van der Waals surface area contributed by atoms with Gasteiger partial charge < -0.3 is 10.2 Å². The molecule has 5 heteroatoms. The van der Waals surface area contributed by atoms with Crippen LogP contribution in [0, 0.1) is 6.92 Å². The molecule has 1 unspecified atom stereocenters. The van der Waals surface area contributed by atoms with Crippen molar-refractivity contribution in [2.45, 2.75) is 13.0 Å². The average molecular weight is 189 g/mol. The van der Waals surface area contributed by atoms with E-state index in [1.54, 1.807) is 13.0 Å². The van der Waals surface area contributed by atoms with E-state index in [1.165, 1.54) is 0 Å². The quantitative estimate of drug-likeness (QED) is 0.662. The minimum absolute atomic E-state index is 0.0810. The number of aromatic nitrogens is 2. The van der Waals surface area contributed by atoms with Crippen molar-refractivity contribution in [3.63, 3.8) is 0 Å². The van der Waals surface area contributed by atoms with E-state index in [1.807, 2.05) is 0 Å². The molecule has 0 fully saturated rings. The summed E-state index contributed by atoms with van der Waals surface area (Å²) in [6.45, 7) is 1.37. The van der Waals surface area contributed by atoms with Crippen molar-refractivity contribution >= 4 is 11.6 Å². The zero-order chi connectivity index (χ0) is 9.14. The topological polar surface area (TPSA) is 66.2 Å². The van der Waals surface area contributed by atoms with Crippen molar-refractivity contribution < 1.29 is 10.2 Å². The lowest BCUT2D eigenvalue weighted by molar-refractivity contribution is 0.0921. The molecule has 2 N–H and O–H groups in total. The van der Waals surface area contributed by atoms with Crippen molar-refractivity contribution in [1.82, 2.24) is 9.97 Å². The minimum atomic E-state index is -0.982. The summed E-state index contributed by atoms with van der Waals surface area (Å²) in [5.41, 5.74) is 1.01. The van der Waals surface area contributed by atoms with Crippen LogP contribution in [0.15, 0.2) is 6.07 Å². The second-order valence-electron chi connectivity index (χ2n) is 2.40. The van der Waals surface area contributed by atoms with Crippen LogP contribution in [0.1, 0.15) is 17.5 Å². The van der Waals surface area contributed by atoms with Crippen molar-refractivity contribution in [3.8, 4) is 0 Å². The lowest BCUT2D eigenvalue weighted by Crippen LogP contribution is -2.06. The second kappa shape index (κ2) is 3.80. The maximum atomic E-state index is 9.18. The van der Waals surface area contributed by atoms with Crippen molar-refractivity contribution in [2.75, 3.05) is 6.61 Å². The van der Waals surface area contributed by atoms with E-state index in [0.29, 0.717) is 11.4 Å². The highest BCUT2D eigenvalue weighted by Gasteiger charge is 2.08. The molecule has 0 aliphatic carbocycles. The number of hydrogen-bond acceptors (Lipinski definition) is 4. The van der Waals surface area contributed by atoms with Gasteiger partial charge in [0.1, 0.15) is 6.10 Å². The molecule has 0 spiro atoms. The molecule has 0 aromatic carbocycles. The highest BCUT2D eigenvalue weighted by molar-refractivity contribution is 6.28. The molecule has 1 aromatic heterocycles. The number of hydrogen-bond donors (Lipinski definition) is 2. The number of halogens is 1. The number of nitrogens with zero attached hydrogens (tertiary/aromatic N) is 2. The highest BCUT2D eigenvalue weighted by atomic mass is 35.5. The molecule has 1 atom stereocenters. The molecule has 0 radical (unpaired) electrons. The fourth-order valence-corrected chi connectivity index (χ4v) is 1.05. The third kappa shape index (κ3) is 2.14. The fraction of sp³-hybridized carbons (Fsp3) is 0.429. The zero-order valence-corrected chi connectivity index (χ0v) is 7.28. The van der Waals surface area contributed by atoms with E-state index in [-0.39, 0.29) is 11.9 Å². The van der Waals surface area contributed by atoms with Gasteiger partial charge >= 0.3 is 0 Å². The van der Waals surface area contributed by atoms with Gasteiger partial charge in [-0.2, -0.15) is 0 Å². The lowest BCUT2D eigenvalue weighted by atomic mass is 10.2. The van der Waals surface area contributed by atoms with Gasteiger partial charge in [0, 0.05) is 5.69 Å². The molecule has 1 rings (SSSR count). The van der Waals surface area contributed by atoms with Crippen LogP contribution in [-0.2, 0) is 0 Å². The van der Waals surface area contributed by atoms with Crippen LogP contribution in [0.4, 0.5) is 0 Å². The summed E-state index contributed by atoms with van der Waals surface area (Å²) >= 11 is 5.54. The molecule has 0 saturated heterocycles. The first-order valence-corrected chi connectivity index (χ1v) is 3.81. The standard InChI is InChI=1S/C7H9ClN2O2/c1-4-2-5(6(12)3-11)10-7(8)9-4/h2,6,11-12H,3H2,1H3. The summed E-state index contributed by atoms with van der Waals surface area (Å²) in [6, 6.07) is 1.58. The summed E-state index contributed by atoms with van der Waals surface area (Å²) in [5.74, 6) is 0. The Morgan fingerprint density at radius 1 is 1.58 bits per heavy atom. The van der Waals surface area contributed by atoms with Crippen molar-refractivity contribution in [3.05, 3.63) is 22.7 Å². The molecule has 0 aliphatic rings. The predicted molar refractivity (Wildman–Crippen MR) is 43.8 cm³/mol. The minimum Gasteiger partial charge on any atom is -0.393 e. The number of aryl methyl sites for hydroxylation is 1. The third-order valence-electron chi connectivity index (χ3n) is 1.36. The first kappa shape index (κ1) is 9.38. The van der Waals surface area contributed by atoms with Gasteiger partial charge in [-0.3, -0.25) is 0 Å². The molecule has 0 aliphatic heterocycles. The monoisotopic (exact) mass is 188 g/mol. The molecule has 1 heterocycles. The first-order chi connectivity index (χ1) is 5.63. The average Bonchev–Trinajstić information content (AvgIpc) is 2.01. The van der Waals surface area contributed by atoms with E-state index in [2.05, 4.69) is 9.97 Å². The molecular formula is C7H9ClN2O2. The Morgan fingerprint density at radius 2 is 2.25 bits per heavy atom. The normalized spacial score (nSPS) is 13.0. The van der Waals surface area contributed by atoms with Gasteiger partial charge in [0.05, 0.1) is 12.3 Å². The van der Waals surface area contributed by atoms with Crippen LogP contribution in [0.3, 0.4) is 0 Å². The van der Waals surface area contributed by atoms with Crippen LogP contribution in [0.2, 0.25) is 5.28 Å². The van der Waals surface area contributed by atoms with E-state index >= 15 is 0 Å². The van der Waals surface area contributed by atoms with E-state index in [4.69, 9.17) is 16.7 Å². The number of aliphatic hydroxyl groups is 2. The van der Waals surface area contributed by atoms with Gasteiger partial charge in [0.2, 0.25) is 5.28 Å². The molecule has 0 amide bonds. The van der Waals surface area contributed by atoms with E-state index in [9.17, 15) is 5.11 Å². The van der Waals surface area contributed by atoms with Crippen LogP contribution in [0.5, 0.6) is 0 Å². The van der Waals surface area contributed by atoms with Gasteiger partial charge in [-0.1, -0.05) is 0 Å². The maximum Gasteiger partial charge on any atom is 0.222 e. The highest BCUT2D eigenvalue weighted by Crippen LogP contribution is 2.12. The Labute approximate surface area is 74.9 Å². The Kier molecular flexibility index (Phi) is 2.97. The number of rotatable bonds is 2. The zero-order valence-electron chi connectivity index (χ0n) is 6.53. The lowest BCUT2D eigenvalue weighted by Gasteiger charge is -2.06. The molecule has 12 heavy (non-hydrogen) atoms. The van der Waals surface area contributed by atoms with Crippen LogP contribution in [-0.4, -0.2) is 26.8 Å². The van der Waals surface area contributed by atoms with E-state index < -0.39 is 6.10 Å². The second-order valence-corrected chi connectivity index (χ2v) is 2.74. The summed E-state index contributed by atoms with van der Waals surface area (Å²) in [4.78, 5) is 7.56. The molecule has 66 valence electrons. The predicted octanol–water partition coefficient (Wildman–Crippen LogP) is 0.464. The molecule has 4 nitrogen and oxygen atoms in total.